The van der Waals surface area contributed by atoms with Gasteiger partial charge in [-0.2, -0.15) is 0 Å². The molecule has 2 aromatic rings. The molecule has 39 heavy (non-hydrogen) atoms. The van der Waals surface area contributed by atoms with Crippen molar-refractivity contribution >= 4 is 17.7 Å². The molecule has 2 saturated carbocycles. The van der Waals surface area contributed by atoms with Crippen LogP contribution in [0.4, 0.5) is 5.69 Å². The van der Waals surface area contributed by atoms with Gasteiger partial charge in [-0.1, -0.05) is 18.2 Å². The Morgan fingerprint density at radius 2 is 2.08 bits per heavy atom. The third kappa shape index (κ3) is 3.49. The van der Waals surface area contributed by atoms with Crippen LogP contribution in [0.15, 0.2) is 42.5 Å². The maximum atomic E-state index is 13.4. The van der Waals surface area contributed by atoms with Crippen molar-refractivity contribution in [1.82, 2.24) is 9.80 Å². The molecule has 1 saturated heterocycles. The highest BCUT2D eigenvalue weighted by Gasteiger charge is 2.73. The Morgan fingerprint density at radius 3 is 2.85 bits per heavy atom. The van der Waals surface area contributed by atoms with E-state index in [1.807, 2.05) is 6.07 Å². The first kappa shape index (κ1) is 24.6. The third-order valence-corrected chi connectivity index (χ3v) is 10.1. The third-order valence-electron chi connectivity index (χ3n) is 10.1. The normalized spacial score (nSPS) is 32.5. The zero-order chi connectivity index (χ0) is 27.1. The van der Waals surface area contributed by atoms with Gasteiger partial charge in [0.1, 0.15) is 6.10 Å². The number of nitro groups is 1. The number of piperidine rings is 1. The van der Waals surface area contributed by atoms with Crippen molar-refractivity contribution in [2.75, 3.05) is 20.1 Å². The summed E-state index contributed by atoms with van der Waals surface area (Å²) in [6.45, 7) is 1.87. The molecule has 0 aromatic heterocycles. The summed E-state index contributed by atoms with van der Waals surface area (Å²) in [5.74, 6) is 1.02. The van der Waals surface area contributed by atoms with Gasteiger partial charge in [0, 0.05) is 43.4 Å². The number of amides is 1. The van der Waals surface area contributed by atoms with Gasteiger partial charge in [0.2, 0.25) is 5.91 Å². The molecule has 1 amide bonds. The molecule has 9 heteroatoms. The van der Waals surface area contributed by atoms with Crippen molar-refractivity contribution in [2.24, 2.45) is 5.92 Å². The van der Waals surface area contributed by atoms with Crippen LogP contribution in [-0.2, 0) is 16.6 Å². The van der Waals surface area contributed by atoms with Crippen LogP contribution in [0.2, 0.25) is 0 Å². The number of carbonyl (C=O) groups excluding carboxylic acids is 1. The lowest BCUT2D eigenvalue weighted by molar-refractivity contribution is -0.384. The fourth-order valence-corrected chi connectivity index (χ4v) is 8.04. The standard InChI is InChI=1S/C30H33N3O6/c1-31(25(35)10-7-18-3-2-4-21(15-18)33(37)38)22-11-12-30(36)24-16-20-8-9-23(34)27-26(20)29(30,28(22)39-27)13-14-32(24)17-19-5-6-19/h2-4,7-10,15,19,22,24,28,34,36H,5-6,11-14,16-17H2,1H3/b10-7+. The number of rotatable bonds is 6. The number of carbonyl (C=O) groups is 1. The second-order valence-electron chi connectivity index (χ2n) is 12.0. The van der Waals surface area contributed by atoms with Crippen LogP contribution < -0.4 is 4.74 Å². The molecule has 2 heterocycles. The number of likely N-dealkylation sites (N-methyl/N-ethyl adjacent to an activating group) is 1. The fraction of sp³-hybridized carbons (Fsp3) is 0.500. The Kier molecular flexibility index (Phi) is 5.38. The molecular formula is C30H33N3O6. The molecule has 2 bridgehead atoms. The number of phenols is 1. The number of phenolic OH excluding ortho intramolecular Hbond substituents is 1. The lowest BCUT2D eigenvalue weighted by Gasteiger charge is -2.64. The number of hydrogen-bond donors (Lipinski definition) is 2. The molecule has 9 nitrogen and oxygen atoms in total. The summed E-state index contributed by atoms with van der Waals surface area (Å²) < 4.78 is 6.57. The average molecular weight is 532 g/mol. The van der Waals surface area contributed by atoms with Gasteiger partial charge >= 0.3 is 0 Å². The SMILES string of the molecule is CN(C(=O)/C=C/c1cccc([N+](=O)[O-])c1)C1CCC2(O)C3Cc4ccc(O)c5c4C2(CCN3CC2CC2)C1O5. The van der Waals surface area contributed by atoms with Gasteiger partial charge < -0.3 is 19.8 Å². The lowest BCUT2D eigenvalue weighted by atomic mass is 9.48. The monoisotopic (exact) mass is 531 g/mol. The topological polar surface area (TPSA) is 116 Å². The zero-order valence-corrected chi connectivity index (χ0v) is 22.0. The van der Waals surface area contributed by atoms with Gasteiger partial charge in [-0.15, -0.1) is 0 Å². The van der Waals surface area contributed by atoms with E-state index in [4.69, 9.17) is 4.74 Å². The van der Waals surface area contributed by atoms with Crippen LogP contribution in [0.25, 0.3) is 6.08 Å². The second-order valence-corrected chi connectivity index (χ2v) is 12.0. The average Bonchev–Trinajstić information content (AvgIpc) is 3.67. The number of non-ortho nitro benzene ring substituents is 1. The van der Waals surface area contributed by atoms with Crippen LogP contribution >= 0.6 is 0 Å². The van der Waals surface area contributed by atoms with Crippen LogP contribution in [0.3, 0.4) is 0 Å². The van der Waals surface area contributed by atoms with Crippen LogP contribution in [0.1, 0.15) is 48.8 Å². The van der Waals surface area contributed by atoms with Crippen molar-refractivity contribution < 1.29 is 24.7 Å². The van der Waals surface area contributed by atoms with Crippen molar-refractivity contribution in [2.45, 2.75) is 67.7 Å². The highest BCUT2D eigenvalue weighted by atomic mass is 16.6. The minimum atomic E-state index is -1.00. The summed E-state index contributed by atoms with van der Waals surface area (Å²) in [4.78, 5) is 28.2. The maximum absolute atomic E-state index is 13.4. The Hall–Kier alpha value is -3.43. The number of nitro benzene ring substituents is 1. The first-order valence-electron chi connectivity index (χ1n) is 13.9. The largest absolute Gasteiger partial charge is 0.504 e. The van der Waals surface area contributed by atoms with E-state index in [2.05, 4.69) is 4.90 Å². The summed E-state index contributed by atoms with van der Waals surface area (Å²) in [7, 11) is 1.75. The number of ether oxygens (including phenoxy) is 1. The molecule has 3 aliphatic carbocycles. The van der Waals surface area contributed by atoms with E-state index in [1.54, 1.807) is 36.2 Å². The smallest absolute Gasteiger partial charge is 0.270 e. The number of nitrogens with zero attached hydrogens (tertiary/aromatic N) is 3. The van der Waals surface area contributed by atoms with E-state index in [1.165, 1.54) is 31.1 Å². The van der Waals surface area contributed by atoms with Gasteiger partial charge in [-0.05, 0) is 74.3 Å². The minimum Gasteiger partial charge on any atom is -0.504 e. The summed E-state index contributed by atoms with van der Waals surface area (Å²) in [6.07, 6.45) is 7.62. The maximum Gasteiger partial charge on any atom is 0.270 e. The molecule has 3 fully saturated rings. The fourth-order valence-electron chi connectivity index (χ4n) is 8.04. The van der Waals surface area contributed by atoms with E-state index in [9.17, 15) is 25.1 Å². The molecule has 2 N–H and O–H groups in total. The number of benzene rings is 2. The van der Waals surface area contributed by atoms with Crippen molar-refractivity contribution in [3.63, 3.8) is 0 Å². The Bertz CT molecular complexity index is 1410. The van der Waals surface area contributed by atoms with E-state index in [-0.39, 0.29) is 29.4 Å². The Morgan fingerprint density at radius 1 is 1.26 bits per heavy atom. The number of aromatic hydroxyl groups is 1. The predicted molar refractivity (Wildman–Crippen MR) is 143 cm³/mol. The number of likely N-dealkylation sites (tertiary alicyclic amines) is 1. The van der Waals surface area contributed by atoms with E-state index in [0.717, 1.165) is 30.6 Å². The molecule has 2 aliphatic heterocycles. The van der Waals surface area contributed by atoms with Crippen molar-refractivity contribution in [3.05, 3.63) is 69.3 Å². The molecule has 7 rings (SSSR count). The minimum absolute atomic E-state index is 0.0170. The van der Waals surface area contributed by atoms with E-state index < -0.39 is 22.0 Å². The van der Waals surface area contributed by atoms with E-state index >= 15 is 0 Å². The molecule has 5 unspecified atom stereocenters. The highest BCUT2D eigenvalue weighted by molar-refractivity contribution is 5.92. The molecule has 204 valence electrons. The Balaban J connectivity index is 1.22. The summed E-state index contributed by atoms with van der Waals surface area (Å²) in [5, 5.41) is 34.5. The molecule has 2 aromatic carbocycles. The zero-order valence-electron chi connectivity index (χ0n) is 22.0. The molecule has 0 radical (unpaired) electrons. The van der Waals surface area contributed by atoms with Gasteiger partial charge in [-0.25, -0.2) is 0 Å². The highest BCUT2D eigenvalue weighted by Crippen LogP contribution is 2.66. The number of aliphatic hydroxyl groups is 1. The van der Waals surface area contributed by atoms with Gasteiger partial charge in [0.15, 0.2) is 11.5 Å². The Labute approximate surface area is 226 Å². The van der Waals surface area contributed by atoms with E-state index in [0.29, 0.717) is 36.5 Å². The van der Waals surface area contributed by atoms with Crippen LogP contribution in [0, 0.1) is 16.0 Å². The van der Waals surface area contributed by atoms with Crippen molar-refractivity contribution in [3.8, 4) is 11.5 Å². The van der Waals surface area contributed by atoms with Crippen molar-refractivity contribution in [1.29, 1.82) is 0 Å². The first-order valence-corrected chi connectivity index (χ1v) is 13.9. The summed E-state index contributed by atoms with van der Waals surface area (Å²) in [6, 6.07) is 9.51. The van der Waals surface area contributed by atoms with Gasteiger partial charge in [-0.3, -0.25) is 19.8 Å². The van der Waals surface area contributed by atoms with Gasteiger partial charge in [0.05, 0.1) is 22.0 Å². The number of hydrogen-bond acceptors (Lipinski definition) is 7. The summed E-state index contributed by atoms with van der Waals surface area (Å²) >= 11 is 0. The summed E-state index contributed by atoms with van der Waals surface area (Å²) in [5.41, 5.74) is 0.906. The molecular weight excluding hydrogens is 498 g/mol. The first-order chi connectivity index (χ1) is 18.7. The lowest BCUT2D eigenvalue weighted by Crippen LogP contribution is -2.78. The molecule has 1 spiro atoms. The second kappa shape index (κ2) is 8.53. The molecule has 5 aliphatic rings. The van der Waals surface area contributed by atoms with Crippen LogP contribution in [-0.4, -0.2) is 74.8 Å². The quantitative estimate of drug-likeness (QED) is 0.333. The van der Waals surface area contributed by atoms with Crippen LogP contribution in [0.5, 0.6) is 11.5 Å². The van der Waals surface area contributed by atoms with Gasteiger partial charge in [0.25, 0.3) is 5.69 Å². The molecule has 5 atom stereocenters. The predicted octanol–water partition coefficient (Wildman–Crippen LogP) is 3.40.